The van der Waals surface area contributed by atoms with Gasteiger partial charge in [0.25, 0.3) is 0 Å². The summed E-state index contributed by atoms with van der Waals surface area (Å²) < 4.78 is 51.4. The zero-order valence-corrected chi connectivity index (χ0v) is 19.8. The average molecular weight is 506 g/mol. The lowest BCUT2D eigenvalue weighted by atomic mass is 10.2. The maximum Gasteiger partial charge on any atom is 0.342 e. The number of carbonyl (C=O) groups excluding carboxylic acids is 1. The fourth-order valence-corrected chi connectivity index (χ4v) is 5.12. The number of fused-ring (bicyclic) bond motifs is 1. The number of carbonyl (C=O) groups is 1. The Bertz CT molecular complexity index is 1270. The number of nitrogens with two attached hydrogens (primary N) is 1. The first-order valence-electron chi connectivity index (χ1n) is 10.6. The Balaban J connectivity index is 1.49. The number of esters is 1. The van der Waals surface area contributed by atoms with E-state index in [0.29, 0.717) is 11.3 Å². The van der Waals surface area contributed by atoms with Gasteiger partial charge in [0.1, 0.15) is 23.6 Å². The highest BCUT2D eigenvalue weighted by atomic mass is 31.2. The summed E-state index contributed by atoms with van der Waals surface area (Å²) in [6.07, 6.45) is 0.966. The molecule has 0 radical (unpaired) electrons. The molecular weight excluding hydrogens is 482 g/mol. The van der Waals surface area contributed by atoms with Crippen LogP contribution in [0.5, 0.6) is 5.75 Å². The molecule has 14 heteroatoms. The minimum Gasteiger partial charge on any atom is -0.468 e. The molecule has 2 unspecified atom stereocenters. The third-order valence-corrected chi connectivity index (χ3v) is 6.79. The van der Waals surface area contributed by atoms with Gasteiger partial charge in [-0.25, -0.2) is 24.4 Å². The number of para-hydroxylation sites is 1. The Morgan fingerprint density at radius 3 is 2.80 bits per heavy atom. The van der Waals surface area contributed by atoms with Gasteiger partial charge in [-0.1, -0.05) is 25.1 Å². The Labute approximate surface area is 199 Å². The molecule has 35 heavy (non-hydrogen) atoms. The number of hydrogen-bond donors (Lipinski definition) is 2. The first-order valence-corrected chi connectivity index (χ1v) is 12.4. The summed E-state index contributed by atoms with van der Waals surface area (Å²) in [5, 5.41) is 2.70. The van der Waals surface area contributed by atoms with Gasteiger partial charge in [-0.3, -0.25) is 13.9 Å². The van der Waals surface area contributed by atoms with Crippen molar-refractivity contribution >= 4 is 30.5 Å². The van der Waals surface area contributed by atoms with Crippen LogP contribution >= 0.6 is 7.52 Å². The number of ether oxygens (including phenoxy) is 3. The van der Waals surface area contributed by atoms with Gasteiger partial charge in [0.05, 0.1) is 13.4 Å². The molecule has 0 saturated carbocycles. The lowest BCUT2D eigenvalue weighted by Gasteiger charge is -2.25. The molecule has 0 fully saturated rings. The van der Waals surface area contributed by atoms with Crippen molar-refractivity contribution in [2.45, 2.75) is 31.9 Å². The standard InChI is InChI=1S/C21H24FN6O6P/c1-3-15(21(29)31-2)27-35(30,34-13-7-5-4-6-8-13)12-32-16-9-14(22)20(33-16)28-11-26-17-18(23)24-10-25-19(17)28/h4-11,15-16,20H,3,12H2,1-2H3,(H,27,30)(H2,23,24,25)/t15?,16-,20+,35?/m0/s1. The predicted molar refractivity (Wildman–Crippen MR) is 123 cm³/mol. The Hall–Kier alpha value is -3.38. The van der Waals surface area contributed by atoms with Crippen LogP contribution in [-0.4, -0.2) is 51.3 Å². The van der Waals surface area contributed by atoms with Crippen LogP contribution in [0.1, 0.15) is 19.6 Å². The van der Waals surface area contributed by atoms with Crippen molar-refractivity contribution in [3.8, 4) is 5.75 Å². The SMILES string of the molecule is CCC(NP(=O)(CO[C@@H]1C=C(F)[C@H](n2cnc3c(N)ncnc32)O1)Oc1ccccc1)C(=O)OC. The van der Waals surface area contributed by atoms with Crippen LogP contribution in [0.4, 0.5) is 10.2 Å². The van der Waals surface area contributed by atoms with Gasteiger partial charge >= 0.3 is 13.5 Å². The molecule has 4 rings (SSSR count). The van der Waals surface area contributed by atoms with E-state index in [-0.39, 0.29) is 17.9 Å². The minimum absolute atomic E-state index is 0.144. The third kappa shape index (κ3) is 5.49. The number of methoxy groups -OCH3 is 1. The van der Waals surface area contributed by atoms with E-state index >= 15 is 0 Å². The highest BCUT2D eigenvalue weighted by molar-refractivity contribution is 7.57. The van der Waals surface area contributed by atoms with Gasteiger partial charge in [-0.2, -0.15) is 0 Å². The molecule has 3 aromatic rings. The first-order chi connectivity index (χ1) is 16.8. The van der Waals surface area contributed by atoms with Crippen LogP contribution in [0.3, 0.4) is 0 Å². The number of nitrogens with one attached hydrogen (secondary N) is 1. The monoisotopic (exact) mass is 506 g/mol. The summed E-state index contributed by atoms with van der Waals surface area (Å²) in [5.74, 6) is -0.842. The summed E-state index contributed by atoms with van der Waals surface area (Å²) in [4.78, 5) is 24.1. The molecule has 0 spiro atoms. The lowest BCUT2D eigenvalue weighted by Crippen LogP contribution is -2.37. The lowest BCUT2D eigenvalue weighted by molar-refractivity contribution is -0.142. The van der Waals surface area contributed by atoms with E-state index in [1.165, 1.54) is 24.3 Å². The van der Waals surface area contributed by atoms with Crippen LogP contribution in [-0.2, 0) is 23.6 Å². The third-order valence-electron chi connectivity index (χ3n) is 5.09. The van der Waals surface area contributed by atoms with Crippen LogP contribution < -0.4 is 15.3 Å². The zero-order chi connectivity index (χ0) is 25.0. The van der Waals surface area contributed by atoms with Crippen molar-refractivity contribution in [1.29, 1.82) is 0 Å². The van der Waals surface area contributed by atoms with Gasteiger partial charge in [-0.15, -0.1) is 0 Å². The molecule has 0 bridgehead atoms. The number of anilines is 1. The Kier molecular flexibility index (Phi) is 7.41. The van der Waals surface area contributed by atoms with E-state index in [1.54, 1.807) is 37.3 Å². The molecule has 0 saturated heterocycles. The van der Waals surface area contributed by atoms with E-state index in [2.05, 4.69) is 20.0 Å². The van der Waals surface area contributed by atoms with E-state index in [1.807, 2.05) is 0 Å². The van der Waals surface area contributed by atoms with E-state index in [9.17, 15) is 13.8 Å². The van der Waals surface area contributed by atoms with E-state index in [0.717, 1.165) is 6.08 Å². The molecule has 2 aromatic heterocycles. The number of hydrogen-bond acceptors (Lipinski definition) is 10. The number of imidazole rings is 1. The number of aromatic nitrogens is 4. The second kappa shape index (κ2) is 10.5. The maximum absolute atomic E-state index is 14.8. The largest absolute Gasteiger partial charge is 0.468 e. The highest BCUT2D eigenvalue weighted by Crippen LogP contribution is 2.45. The summed E-state index contributed by atoms with van der Waals surface area (Å²) >= 11 is 0. The molecule has 1 aliphatic heterocycles. The normalized spacial score (nSPS) is 20.3. The van der Waals surface area contributed by atoms with Crippen molar-refractivity contribution in [2.75, 3.05) is 19.2 Å². The summed E-state index contributed by atoms with van der Waals surface area (Å²) in [5.41, 5.74) is 6.36. The summed E-state index contributed by atoms with van der Waals surface area (Å²) in [7, 11) is -2.61. The molecule has 4 atom stereocenters. The number of nitrogen functional groups attached to an aromatic ring is 1. The van der Waals surface area contributed by atoms with Crippen molar-refractivity contribution < 1.29 is 32.5 Å². The topological polar surface area (TPSA) is 153 Å². The molecule has 186 valence electrons. The molecule has 12 nitrogen and oxygen atoms in total. The van der Waals surface area contributed by atoms with Gasteiger partial charge in [0.15, 0.2) is 36.2 Å². The van der Waals surface area contributed by atoms with Crippen molar-refractivity contribution in [2.24, 2.45) is 0 Å². The minimum atomic E-state index is -3.84. The first kappa shape index (κ1) is 24.7. The van der Waals surface area contributed by atoms with Crippen LogP contribution in [0.25, 0.3) is 11.2 Å². The molecular formula is C21H24FN6O6P. The second-order valence-electron chi connectivity index (χ2n) is 7.48. The zero-order valence-electron chi connectivity index (χ0n) is 18.9. The number of benzene rings is 1. The number of nitrogens with zero attached hydrogens (tertiary/aromatic N) is 4. The second-order valence-corrected chi connectivity index (χ2v) is 9.52. The summed E-state index contributed by atoms with van der Waals surface area (Å²) in [6.45, 7) is 1.72. The van der Waals surface area contributed by atoms with Crippen LogP contribution in [0, 0.1) is 0 Å². The maximum atomic E-state index is 14.8. The Morgan fingerprint density at radius 2 is 2.09 bits per heavy atom. The number of halogens is 1. The molecule has 0 aliphatic carbocycles. The fraction of sp³-hybridized carbons (Fsp3) is 0.333. The molecule has 3 N–H and O–H groups in total. The summed E-state index contributed by atoms with van der Waals surface area (Å²) in [6, 6.07) is 7.47. The predicted octanol–water partition coefficient (Wildman–Crippen LogP) is 2.90. The molecule has 3 heterocycles. The smallest absolute Gasteiger partial charge is 0.342 e. The van der Waals surface area contributed by atoms with E-state index in [4.69, 9.17) is 24.5 Å². The molecule has 1 aliphatic rings. The van der Waals surface area contributed by atoms with Gasteiger partial charge in [0.2, 0.25) is 0 Å². The van der Waals surface area contributed by atoms with Gasteiger partial charge in [0, 0.05) is 6.08 Å². The number of rotatable bonds is 10. The van der Waals surface area contributed by atoms with Crippen LogP contribution in [0.2, 0.25) is 0 Å². The van der Waals surface area contributed by atoms with Crippen molar-refractivity contribution in [3.63, 3.8) is 0 Å². The van der Waals surface area contributed by atoms with Gasteiger partial charge in [-0.05, 0) is 18.6 Å². The van der Waals surface area contributed by atoms with Crippen molar-refractivity contribution in [1.82, 2.24) is 24.6 Å². The molecule has 1 aromatic carbocycles. The van der Waals surface area contributed by atoms with Crippen molar-refractivity contribution in [3.05, 3.63) is 54.9 Å². The fourth-order valence-electron chi connectivity index (χ4n) is 3.37. The highest BCUT2D eigenvalue weighted by Gasteiger charge is 2.36. The molecule has 0 amide bonds. The van der Waals surface area contributed by atoms with Gasteiger partial charge < -0.3 is 24.5 Å². The average Bonchev–Trinajstić information content (AvgIpc) is 3.45. The van der Waals surface area contributed by atoms with Crippen LogP contribution in [0.15, 0.2) is 54.9 Å². The Morgan fingerprint density at radius 1 is 1.31 bits per heavy atom. The quantitative estimate of drug-likeness (QED) is 0.308. The van der Waals surface area contributed by atoms with E-state index < -0.39 is 44.2 Å².